The molecule has 0 aromatic heterocycles. The smallest absolute Gasteiger partial charge is 0.0834 e. The summed E-state index contributed by atoms with van der Waals surface area (Å²) in [6.07, 6.45) is 7.28. The molecule has 23 heavy (non-hydrogen) atoms. The fourth-order valence-electron chi connectivity index (χ4n) is 9.16. The van der Waals surface area contributed by atoms with Gasteiger partial charge in [-0.3, -0.25) is 4.90 Å². The van der Waals surface area contributed by atoms with Crippen LogP contribution in [-0.4, -0.2) is 45.9 Å². The standard InChI is InChI=1S/C20H29NO2/c1-12-13-4-7-18(16(12)22)9-14-15-17(2)5-3-6-19(15,11-21(14)10-17)20(18,23)8-13/h13-16,22-23H,1,3-11H2,2H3/t13-,14-,15+,16+,17-,18+,19-,20-/m0/s1. The molecule has 126 valence electrons. The summed E-state index contributed by atoms with van der Waals surface area (Å²) in [5.74, 6) is 0.990. The molecule has 6 bridgehead atoms. The van der Waals surface area contributed by atoms with E-state index in [1.54, 1.807) is 0 Å². The molecule has 2 heterocycles. The summed E-state index contributed by atoms with van der Waals surface area (Å²) in [4.78, 5) is 2.71. The van der Waals surface area contributed by atoms with E-state index in [-0.39, 0.29) is 10.8 Å². The molecule has 7 fully saturated rings. The second-order valence-corrected chi connectivity index (χ2v) is 10.3. The van der Waals surface area contributed by atoms with Gasteiger partial charge in [0.05, 0.1) is 11.7 Å². The molecular formula is C20H29NO2. The normalized spacial score (nSPS) is 68.3. The lowest BCUT2D eigenvalue weighted by Gasteiger charge is -2.72. The van der Waals surface area contributed by atoms with Crippen molar-refractivity contribution in [1.29, 1.82) is 0 Å². The van der Waals surface area contributed by atoms with Gasteiger partial charge in [0.1, 0.15) is 0 Å². The third-order valence-corrected chi connectivity index (χ3v) is 9.72. The molecule has 7 rings (SSSR count). The van der Waals surface area contributed by atoms with Gasteiger partial charge >= 0.3 is 0 Å². The topological polar surface area (TPSA) is 43.7 Å². The van der Waals surface area contributed by atoms with Crippen molar-refractivity contribution in [2.75, 3.05) is 13.1 Å². The number of piperidine rings is 1. The van der Waals surface area contributed by atoms with Gasteiger partial charge in [-0.1, -0.05) is 19.9 Å². The molecular weight excluding hydrogens is 286 g/mol. The molecule has 7 aliphatic rings. The summed E-state index contributed by atoms with van der Waals surface area (Å²) in [5, 5.41) is 23.4. The van der Waals surface area contributed by atoms with Crippen LogP contribution in [0, 0.1) is 28.1 Å². The van der Waals surface area contributed by atoms with Crippen molar-refractivity contribution in [2.24, 2.45) is 28.1 Å². The zero-order valence-electron chi connectivity index (χ0n) is 14.2. The summed E-state index contributed by atoms with van der Waals surface area (Å²) in [6.45, 7) is 9.02. The lowest BCUT2D eigenvalue weighted by atomic mass is 9.34. The molecule has 0 aromatic rings. The zero-order chi connectivity index (χ0) is 15.8. The van der Waals surface area contributed by atoms with Crippen molar-refractivity contribution in [3.63, 3.8) is 0 Å². The van der Waals surface area contributed by atoms with Gasteiger partial charge in [0.2, 0.25) is 0 Å². The van der Waals surface area contributed by atoms with Crippen LogP contribution in [0.5, 0.6) is 0 Å². The van der Waals surface area contributed by atoms with Gasteiger partial charge in [0.25, 0.3) is 0 Å². The Balaban J connectivity index is 1.60. The van der Waals surface area contributed by atoms with Gasteiger partial charge in [-0.15, -0.1) is 0 Å². The van der Waals surface area contributed by atoms with Gasteiger partial charge in [-0.2, -0.15) is 0 Å². The van der Waals surface area contributed by atoms with Gasteiger partial charge < -0.3 is 10.2 Å². The fraction of sp³-hybridized carbons (Fsp3) is 0.900. The largest absolute Gasteiger partial charge is 0.389 e. The quantitative estimate of drug-likeness (QED) is 0.674. The van der Waals surface area contributed by atoms with Crippen molar-refractivity contribution in [2.45, 2.75) is 69.6 Å². The van der Waals surface area contributed by atoms with E-state index in [1.165, 1.54) is 25.8 Å². The molecule has 0 aromatic carbocycles. The average Bonchev–Trinajstić information content (AvgIpc) is 2.93. The van der Waals surface area contributed by atoms with Crippen LogP contribution < -0.4 is 0 Å². The minimum atomic E-state index is -0.665. The van der Waals surface area contributed by atoms with Crippen LogP contribution in [0.3, 0.4) is 0 Å². The maximum Gasteiger partial charge on any atom is 0.0834 e. The fourth-order valence-corrected chi connectivity index (χ4v) is 9.16. The van der Waals surface area contributed by atoms with Gasteiger partial charge in [-0.25, -0.2) is 0 Å². The first-order valence-electron chi connectivity index (χ1n) is 9.70. The van der Waals surface area contributed by atoms with Gasteiger partial charge in [0, 0.05) is 30.0 Å². The van der Waals surface area contributed by atoms with E-state index in [0.717, 1.165) is 37.8 Å². The van der Waals surface area contributed by atoms with Crippen LogP contribution in [0.2, 0.25) is 0 Å². The van der Waals surface area contributed by atoms with Crippen molar-refractivity contribution < 1.29 is 10.2 Å². The van der Waals surface area contributed by atoms with E-state index in [2.05, 4.69) is 18.4 Å². The van der Waals surface area contributed by atoms with Crippen molar-refractivity contribution >= 4 is 0 Å². The molecule has 2 N–H and O–H groups in total. The molecule has 3 heteroatoms. The first-order chi connectivity index (χ1) is 10.9. The summed E-state index contributed by atoms with van der Waals surface area (Å²) in [5.41, 5.74) is 0.497. The third kappa shape index (κ3) is 1.14. The minimum Gasteiger partial charge on any atom is -0.389 e. The summed E-state index contributed by atoms with van der Waals surface area (Å²) >= 11 is 0. The first kappa shape index (κ1) is 13.9. The highest BCUT2D eigenvalue weighted by molar-refractivity contribution is 5.37. The molecule has 3 nitrogen and oxygen atoms in total. The van der Waals surface area contributed by atoms with Crippen LogP contribution in [0.25, 0.3) is 0 Å². The Morgan fingerprint density at radius 1 is 1.13 bits per heavy atom. The maximum absolute atomic E-state index is 12.3. The van der Waals surface area contributed by atoms with Gasteiger partial charge in [0.15, 0.2) is 0 Å². The third-order valence-electron chi connectivity index (χ3n) is 9.72. The Morgan fingerprint density at radius 3 is 2.78 bits per heavy atom. The Hall–Kier alpha value is -0.380. The molecule has 2 saturated heterocycles. The molecule has 0 radical (unpaired) electrons. The molecule has 5 saturated carbocycles. The predicted molar refractivity (Wildman–Crippen MR) is 87.7 cm³/mol. The Labute approximate surface area is 138 Å². The number of hydrogen-bond donors (Lipinski definition) is 2. The molecule has 1 spiro atoms. The van der Waals surface area contributed by atoms with Gasteiger partial charge in [-0.05, 0) is 61.3 Å². The number of aliphatic hydroxyl groups is 2. The Morgan fingerprint density at radius 2 is 1.96 bits per heavy atom. The monoisotopic (exact) mass is 315 g/mol. The molecule has 2 aliphatic heterocycles. The minimum absolute atomic E-state index is 0.0432. The lowest BCUT2D eigenvalue weighted by Crippen LogP contribution is -2.76. The first-order valence-corrected chi connectivity index (χ1v) is 9.70. The number of rotatable bonds is 0. The summed E-state index contributed by atoms with van der Waals surface area (Å²) < 4.78 is 0. The van der Waals surface area contributed by atoms with E-state index in [1.807, 2.05) is 0 Å². The summed E-state index contributed by atoms with van der Waals surface area (Å²) in [6, 6.07) is 0.595. The highest BCUT2D eigenvalue weighted by Crippen LogP contribution is 2.78. The number of aliphatic hydroxyl groups excluding tert-OH is 1. The van der Waals surface area contributed by atoms with E-state index in [0.29, 0.717) is 23.3 Å². The average molecular weight is 315 g/mol. The lowest BCUT2D eigenvalue weighted by molar-refractivity contribution is -0.294. The van der Waals surface area contributed by atoms with Crippen LogP contribution in [0.15, 0.2) is 12.2 Å². The molecule has 9 atom stereocenters. The van der Waals surface area contributed by atoms with Crippen LogP contribution in [-0.2, 0) is 0 Å². The molecule has 0 amide bonds. The van der Waals surface area contributed by atoms with Crippen molar-refractivity contribution in [3.8, 4) is 0 Å². The maximum atomic E-state index is 12.3. The van der Waals surface area contributed by atoms with Crippen molar-refractivity contribution in [1.82, 2.24) is 4.90 Å². The van der Waals surface area contributed by atoms with Crippen LogP contribution >= 0.6 is 0 Å². The number of fused-ring (bicyclic) bond motifs is 2. The van der Waals surface area contributed by atoms with E-state index >= 15 is 0 Å². The van der Waals surface area contributed by atoms with E-state index in [4.69, 9.17) is 0 Å². The Bertz CT molecular complexity index is 633. The highest BCUT2D eigenvalue weighted by atomic mass is 16.3. The van der Waals surface area contributed by atoms with E-state index in [9.17, 15) is 10.2 Å². The highest BCUT2D eigenvalue weighted by Gasteiger charge is 2.82. The van der Waals surface area contributed by atoms with E-state index < -0.39 is 11.7 Å². The second kappa shape index (κ2) is 3.59. The molecule has 1 unspecified atom stereocenters. The predicted octanol–water partition coefficient (Wildman–Crippen LogP) is 2.33. The SMILES string of the molecule is C=C1[C@H]2CC[C@@]3(C[C@H]4[C@@H]5[C@@]6(C)CCC[C@@]5(CN4C6)[C@]3(O)C2)[C@@H]1O. The van der Waals surface area contributed by atoms with Crippen LogP contribution in [0.4, 0.5) is 0 Å². The number of nitrogens with zero attached hydrogens (tertiary/aromatic N) is 1. The second-order valence-electron chi connectivity index (χ2n) is 10.3. The molecule has 5 aliphatic carbocycles. The zero-order valence-corrected chi connectivity index (χ0v) is 14.2. The van der Waals surface area contributed by atoms with Crippen molar-refractivity contribution in [3.05, 3.63) is 12.2 Å². The Kier molecular flexibility index (Phi) is 2.16. The van der Waals surface area contributed by atoms with Crippen LogP contribution in [0.1, 0.15) is 51.9 Å². The number of hydrogen-bond acceptors (Lipinski definition) is 3. The summed E-state index contributed by atoms with van der Waals surface area (Å²) in [7, 11) is 0.